The molecular formula is C21H24O5. The number of rotatable bonds is 10. The molecule has 2 rings (SSSR count). The molecule has 0 aliphatic rings. The largest absolute Gasteiger partial charge is 0.491 e. The van der Waals surface area contributed by atoms with Crippen LogP contribution in [0.2, 0.25) is 0 Å². The van der Waals surface area contributed by atoms with Crippen LogP contribution in [0.5, 0.6) is 11.5 Å². The third-order valence-corrected chi connectivity index (χ3v) is 3.87. The van der Waals surface area contributed by atoms with Crippen LogP contribution in [0.3, 0.4) is 0 Å². The number of terminal acetylenes is 1. The molecule has 0 atom stereocenters. The summed E-state index contributed by atoms with van der Waals surface area (Å²) in [7, 11) is 3.24. The lowest BCUT2D eigenvalue weighted by molar-refractivity contribution is 0.142. The lowest BCUT2D eigenvalue weighted by Crippen LogP contribution is -2.25. The number of hydrogen-bond acceptors (Lipinski definition) is 5. The first-order valence-electron chi connectivity index (χ1n) is 8.28. The SMILES string of the molecule is C#CC(O)(c1ccc(OCCOC)cc1)c1ccc(OCCOC)cc1. The van der Waals surface area contributed by atoms with Crippen LogP contribution in [0.15, 0.2) is 48.5 Å². The molecule has 138 valence electrons. The maximum atomic E-state index is 11.0. The zero-order valence-electron chi connectivity index (χ0n) is 15.1. The van der Waals surface area contributed by atoms with E-state index in [9.17, 15) is 5.11 Å². The maximum absolute atomic E-state index is 11.0. The predicted molar refractivity (Wildman–Crippen MR) is 99.5 cm³/mol. The fourth-order valence-electron chi connectivity index (χ4n) is 2.40. The molecule has 0 heterocycles. The van der Waals surface area contributed by atoms with Crippen molar-refractivity contribution in [3.05, 3.63) is 59.7 Å². The van der Waals surface area contributed by atoms with E-state index in [1.807, 2.05) is 0 Å². The fourth-order valence-corrected chi connectivity index (χ4v) is 2.40. The molecule has 0 saturated heterocycles. The van der Waals surface area contributed by atoms with Gasteiger partial charge < -0.3 is 24.1 Å². The predicted octanol–water partition coefficient (Wildman–Crippen LogP) is 2.61. The monoisotopic (exact) mass is 356 g/mol. The van der Waals surface area contributed by atoms with Gasteiger partial charge in [-0.15, -0.1) is 6.42 Å². The van der Waals surface area contributed by atoms with Gasteiger partial charge in [-0.25, -0.2) is 0 Å². The average Bonchev–Trinajstić information content (AvgIpc) is 2.69. The zero-order valence-corrected chi connectivity index (χ0v) is 15.1. The summed E-state index contributed by atoms with van der Waals surface area (Å²) in [6.07, 6.45) is 5.65. The molecule has 0 aromatic heterocycles. The summed E-state index contributed by atoms with van der Waals surface area (Å²) in [6.45, 7) is 1.93. The summed E-state index contributed by atoms with van der Waals surface area (Å²) in [5.41, 5.74) is -0.352. The van der Waals surface area contributed by atoms with Gasteiger partial charge in [0.05, 0.1) is 13.2 Å². The molecule has 5 heteroatoms. The molecule has 0 aliphatic carbocycles. The third kappa shape index (κ3) is 4.99. The van der Waals surface area contributed by atoms with Crippen molar-refractivity contribution < 1.29 is 24.1 Å². The van der Waals surface area contributed by atoms with Gasteiger partial charge in [-0.3, -0.25) is 0 Å². The summed E-state index contributed by atoms with van der Waals surface area (Å²) < 4.78 is 21.0. The summed E-state index contributed by atoms with van der Waals surface area (Å²) >= 11 is 0. The van der Waals surface area contributed by atoms with Crippen molar-refractivity contribution in [2.75, 3.05) is 40.6 Å². The lowest BCUT2D eigenvalue weighted by Gasteiger charge is -2.24. The van der Waals surface area contributed by atoms with E-state index in [2.05, 4.69) is 5.92 Å². The summed E-state index contributed by atoms with van der Waals surface area (Å²) in [6, 6.07) is 14.1. The second kappa shape index (κ2) is 9.83. The van der Waals surface area contributed by atoms with Gasteiger partial charge in [0, 0.05) is 25.3 Å². The van der Waals surface area contributed by atoms with Crippen LogP contribution in [0.1, 0.15) is 11.1 Å². The van der Waals surface area contributed by atoms with E-state index < -0.39 is 5.60 Å². The molecule has 0 aliphatic heterocycles. The highest BCUT2D eigenvalue weighted by molar-refractivity contribution is 5.46. The normalized spacial score (nSPS) is 11.0. The number of ether oxygens (including phenoxy) is 4. The van der Waals surface area contributed by atoms with Crippen molar-refractivity contribution in [2.45, 2.75) is 5.60 Å². The van der Waals surface area contributed by atoms with E-state index >= 15 is 0 Å². The molecule has 0 amide bonds. The van der Waals surface area contributed by atoms with Crippen molar-refractivity contribution in [3.8, 4) is 23.8 Å². The van der Waals surface area contributed by atoms with Crippen molar-refractivity contribution in [2.24, 2.45) is 0 Å². The first kappa shape index (κ1) is 19.8. The van der Waals surface area contributed by atoms with Gasteiger partial charge in [-0.2, -0.15) is 0 Å². The Morgan fingerprint density at radius 1 is 0.769 bits per heavy atom. The Morgan fingerprint density at radius 3 is 1.46 bits per heavy atom. The standard InChI is InChI=1S/C21H24O5/c1-4-21(22,17-5-9-19(10-6-17)25-15-13-23-2)18-7-11-20(12-8-18)26-16-14-24-3/h1,5-12,22H,13-16H2,2-3H3. The van der Waals surface area contributed by atoms with Gasteiger partial charge in [-0.05, 0) is 24.3 Å². The van der Waals surface area contributed by atoms with Crippen LogP contribution in [0.25, 0.3) is 0 Å². The highest BCUT2D eigenvalue weighted by atomic mass is 16.5. The van der Waals surface area contributed by atoms with Gasteiger partial charge in [0.2, 0.25) is 0 Å². The quantitative estimate of drug-likeness (QED) is 0.524. The Bertz CT molecular complexity index is 647. The Kier molecular flexibility index (Phi) is 7.49. The highest BCUT2D eigenvalue weighted by Crippen LogP contribution is 2.31. The summed E-state index contributed by atoms with van der Waals surface area (Å²) in [4.78, 5) is 0. The van der Waals surface area contributed by atoms with Crippen LogP contribution in [-0.4, -0.2) is 45.8 Å². The van der Waals surface area contributed by atoms with E-state index in [4.69, 9.17) is 25.4 Å². The smallest absolute Gasteiger partial charge is 0.176 e. The number of methoxy groups -OCH3 is 2. The van der Waals surface area contributed by atoms with Gasteiger partial charge in [-0.1, -0.05) is 30.2 Å². The summed E-state index contributed by atoms with van der Waals surface area (Å²) in [5.74, 6) is 3.86. The van der Waals surface area contributed by atoms with Crippen LogP contribution in [-0.2, 0) is 15.1 Å². The van der Waals surface area contributed by atoms with E-state index in [1.54, 1.807) is 62.8 Å². The van der Waals surface area contributed by atoms with Crippen LogP contribution >= 0.6 is 0 Å². The molecule has 0 fully saturated rings. The third-order valence-electron chi connectivity index (χ3n) is 3.87. The molecule has 0 saturated carbocycles. The fraction of sp³-hybridized carbons (Fsp3) is 0.333. The second-order valence-electron chi connectivity index (χ2n) is 5.59. The Morgan fingerprint density at radius 2 is 1.15 bits per heavy atom. The Hall–Kier alpha value is -2.52. The van der Waals surface area contributed by atoms with E-state index in [1.165, 1.54) is 0 Å². The van der Waals surface area contributed by atoms with Crippen molar-refractivity contribution >= 4 is 0 Å². The second-order valence-corrected chi connectivity index (χ2v) is 5.59. The minimum atomic E-state index is -1.53. The van der Waals surface area contributed by atoms with Crippen molar-refractivity contribution in [1.29, 1.82) is 0 Å². The Balaban J connectivity index is 2.13. The van der Waals surface area contributed by atoms with E-state index in [0.717, 1.165) is 0 Å². The van der Waals surface area contributed by atoms with Crippen LogP contribution in [0.4, 0.5) is 0 Å². The number of hydrogen-bond donors (Lipinski definition) is 1. The molecular weight excluding hydrogens is 332 g/mol. The summed E-state index contributed by atoms with van der Waals surface area (Å²) in [5, 5.41) is 11.0. The van der Waals surface area contributed by atoms with Gasteiger partial charge in [0.25, 0.3) is 0 Å². The lowest BCUT2D eigenvalue weighted by atomic mass is 9.87. The first-order valence-corrected chi connectivity index (χ1v) is 8.28. The molecule has 5 nitrogen and oxygen atoms in total. The molecule has 0 spiro atoms. The van der Waals surface area contributed by atoms with Crippen LogP contribution in [0, 0.1) is 12.3 Å². The molecule has 2 aromatic carbocycles. The van der Waals surface area contributed by atoms with Gasteiger partial charge in [0.1, 0.15) is 24.7 Å². The first-order chi connectivity index (χ1) is 12.6. The molecule has 2 aromatic rings. The minimum Gasteiger partial charge on any atom is -0.491 e. The molecule has 0 bridgehead atoms. The molecule has 0 unspecified atom stereocenters. The molecule has 1 N–H and O–H groups in total. The number of aliphatic hydroxyl groups is 1. The minimum absolute atomic E-state index is 0.458. The van der Waals surface area contributed by atoms with Gasteiger partial charge in [0.15, 0.2) is 5.60 Å². The molecule has 0 radical (unpaired) electrons. The average molecular weight is 356 g/mol. The highest BCUT2D eigenvalue weighted by Gasteiger charge is 2.29. The topological polar surface area (TPSA) is 57.2 Å². The Labute approximate surface area is 154 Å². The van der Waals surface area contributed by atoms with E-state index in [-0.39, 0.29) is 0 Å². The maximum Gasteiger partial charge on any atom is 0.176 e. The zero-order chi connectivity index (χ0) is 18.8. The molecule has 26 heavy (non-hydrogen) atoms. The van der Waals surface area contributed by atoms with E-state index in [0.29, 0.717) is 49.1 Å². The van der Waals surface area contributed by atoms with Crippen molar-refractivity contribution in [1.82, 2.24) is 0 Å². The number of benzene rings is 2. The van der Waals surface area contributed by atoms with Crippen LogP contribution < -0.4 is 9.47 Å². The van der Waals surface area contributed by atoms with Crippen molar-refractivity contribution in [3.63, 3.8) is 0 Å². The van der Waals surface area contributed by atoms with Gasteiger partial charge >= 0.3 is 0 Å².